The van der Waals surface area contributed by atoms with Crippen molar-refractivity contribution >= 4 is 16.0 Å². The first-order valence-electron chi connectivity index (χ1n) is 6.74. The van der Waals surface area contributed by atoms with Crippen molar-refractivity contribution in [2.75, 3.05) is 20.7 Å². The van der Waals surface area contributed by atoms with E-state index in [1.165, 1.54) is 38.4 Å². The van der Waals surface area contributed by atoms with Crippen LogP contribution in [-0.2, 0) is 19.6 Å². The summed E-state index contributed by atoms with van der Waals surface area (Å²) in [5.41, 5.74) is 1.54. The molecule has 0 aliphatic heterocycles. The van der Waals surface area contributed by atoms with E-state index in [1.807, 2.05) is 0 Å². The standard InChI is InChI=1S/C16H16FNO4S/c1-18(11-16(19)22-2)23(20,21)15-9-5-13(6-10-15)12-3-7-14(17)8-4-12/h3-10H,11H2,1-2H3. The van der Waals surface area contributed by atoms with E-state index in [4.69, 9.17) is 0 Å². The molecule has 0 spiro atoms. The van der Waals surface area contributed by atoms with Crippen LogP contribution in [0.2, 0.25) is 0 Å². The molecule has 0 fully saturated rings. The van der Waals surface area contributed by atoms with Crippen molar-refractivity contribution < 1.29 is 22.3 Å². The van der Waals surface area contributed by atoms with E-state index >= 15 is 0 Å². The van der Waals surface area contributed by atoms with Gasteiger partial charge in [0.05, 0.1) is 12.0 Å². The zero-order valence-corrected chi connectivity index (χ0v) is 13.5. The molecule has 0 N–H and O–H groups in total. The van der Waals surface area contributed by atoms with Crippen LogP contribution in [0.4, 0.5) is 4.39 Å². The van der Waals surface area contributed by atoms with Crippen LogP contribution in [0.25, 0.3) is 11.1 Å². The topological polar surface area (TPSA) is 63.7 Å². The first-order valence-corrected chi connectivity index (χ1v) is 8.18. The van der Waals surface area contributed by atoms with Gasteiger partial charge in [-0.05, 0) is 35.4 Å². The quantitative estimate of drug-likeness (QED) is 0.785. The smallest absolute Gasteiger partial charge is 0.321 e. The first-order chi connectivity index (χ1) is 10.8. The molecule has 2 aromatic rings. The summed E-state index contributed by atoms with van der Waals surface area (Å²) in [6.45, 7) is -0.363. The number of ether oxygens (including phenoxy) is 1. The fourth-order valence-corrected chi connectivity index (χ4v) is 3.09. The highest BCUT2D eigenvalue weighted by Crippen LogP contribution is 2.22. The molecule has 5 nitrogen and oxygen atoms in total. The lowest BCUT2D eigenvalue weighted by atomic mass is 10.1. The average molecular weight is 337 g/mol. The van der Waals surface area contributed by atoms with Crippen LogP contribution in [0.3, 0.4) is 0 Å². The normalized spacial score (nSPS) is 11.5. The van der Waals surface area contributed by atoms with Gasteiger partial charge >= 0.3 is 5.97 Å². The highest BCUT2D eigenvalue weighted by Gasteiger charge is 2.23. The van der Waals surface area contributed by atoms with Gasteiger partial charge in [0.2, 0.25) is 10.0 Å². The van der Waals surface area contributed by atoms with Gasteiger partial charge in [-0.3, -0.25) is 4.79 Å². The first kappa shape index (κ1) is 17.1. The van der Waals surface area contributed by atoms with Gasteiger partial charge < -0.3 is 4.74 Å². The molecule has 0 aromatic heterocycles. The molecule has 2 rings (SSSR count). The number of sulfonamides is 1. The minimum atomic E-state index is -3.78. The number of halogens is 1. The Morgan fingerprint density at radius 2 is 1.52 bits per heavy atom. The van der Waals surface area contributed by atoms with Gasteiger partial charge in [0, 0.05) is 7.05 Å². The fourth-order valence-electron chi connectivity index (χ4n) is 1.97. The number of carbonyl (C=O) groups excluding carboxylic acids is 1. The largest absolute Gasteiger partial charge is 0.468 e. The third-order valence-electron chi connectivity index (χ3n) is 3.32. The molecule has 23 heavy (non-hydrogen) atoms. The van der Waals surface area contributed by atoms with Crippen molar-refractivity contribution in [1.29, 1.82) is 0 Å². The lowest BCUT2D eigenvalue weighted by molar-refractivity contribution is -0.140. The lowest BCUT2D eigenvalue weighted by Gasteiger charge is -2.16. The molecule has 0 saturated carbocycles. The molecule has 7 heteroatoms. The maximum absolute atomic E-state index is 12.9. The second-order valence-corrected chi connectivity index (χ2v) is 6.91. The Morgan fingerprint density at radius 3 is 2.00 bits per heavy atom. The molecular formula is C16H16FNO4S. The summed E-state index contributed by atoms with van der Waals surface area (Å²) in [4.78, 5) is 11.3. The van der Waals surface area contributed by atoms with E-state index in [0.717, 1.165) is 15.4 Å². The minimum Gasteiger partial charge on any atom is -0.468 e. The molecule has 0 bridgehead atoms. The van der Waals surface area contributed by atoms with Crippen molar-refractivity contribution in [2.45, 2.75) is 4.90 Å². The number of rotatable bonds is 5. The van der Waals surface area contributed by atoms with E-state index in [2.05, 4.69) is 4.74 Å². The zero-order valence-electron chi connectivity index (χ0n) is 12.7. The number of hydrogen-bond acceptors (Lipinski definition) is 4. The van der Waals surface area contributed by atoms with E-state index < -0.39 is 16.0 Å². The predicted molar refractivity (Wildman–Crippen MR) is 83.7 cm³/mol. The number of benzene rings is 2. The maximum atomic E-state index is 12.9. The Hall–Kier alpha value is -2.25. The predicted octanol–water partition coefficient (Wildman–Crippen LogP) is 2.29. The van der Waals surface area contributed by atoms with Gasteiger partial charge in [-0.2, -0.15) is 4.31 Å². The van der Waals surface area contributed by atoms with Crippen LogP contribution < -0.4 is 0 Å². The second-order valence-electron chi connectivity index (χ2n) is 4.87. The van der Waals surface area contributed by atoms with Gasteiger partial charge in [-0.1, -0.05) is 24.3 Å². The molecule has 0 radical (unpaired) electrons. The molecule has 0 atom stereocenters. The molecule has 0 aliphatic rings. The summed E-state index contributed by atoms with van der Waals surface area (Å²) in [5, 5.41) is 0. The van der Waals surface area contributed by atoms with E-state index in [0.29, 0.717) is 0 Å². The molecule has 0 saturated heterocycles. The third kappa shape index (κ3) is 3.94. The van der Waals surface area contributed by atoms with E-state index in [1.54, 1.807) is 24.3 Å². The van der Waals surface area contributed by atoms with Crippen molar-refractivity contribution in [3.8, 4) is 11.1 Å². The van der Waals surface area contributed by atoms with Gasteiger partial charge in [-0.25, -0.2) is 12.8 Å². The van der Waals surface area contributed by atoms with Crippen LogP contribution in [-0.4, -0.2) is 39.4 Å². The maximum Gasteiger partial charge on any atom is 0.321 e. The zero-order chi connectivity index (χ0) is 17.0. The van der Waals surface area contributed by atoms with Crippen molar-refractivity contribution in [2.24, 2.45) is 0 Å². The van der Waals surface area contributed by atoms with Gasteiger partial charge in [0.1, 0.15) is 12.4 Å². The molecule has 0 unspecified atom stereocenters. The minimum absolute atomic E-state index is 0.0646. The average Bonchev–Trinajstić information content (AvgIpc) is 2.55. The summed E-state index contributed by atoms with van der Waals surface area (Å²) in [6, 6.07) is 12.1. The van der Waals surface area contributed by atoms with Crippen molar-refractivity contribution in [3.05, 3.63) is 54.3 Å². The monoisotopic (exact) mass is 337 g/mol. The number of carbonyl (C=O) groups is 1. The van der Waals surface area contributed by atoms with Crippen LogP contribution in [0.15, 0.2) is 53.4 Å². The summed E-state index contributed by atoms with van der Waals surface area (Å²) < 4.78 is 43.0. The van der Waals surface area contributed by atoms with Gasteiger partial charge in [0.15, 0.2) is 0 Å². The number of likely N-dealkylation sites (N-methyl/N-ethyl adjacent to an activating group) is 1. The Bertz CT molecular complexity index is 786. The molecular weight excluding hydrogens is 321 g/mol. The Balaban J connectivity index is 2.24. The van der Waals surface area contributed by atoms with E-state index in [9.17, 15) is 17.6 Å². The van der Waals surface area contributed by atoms with Crippen LogP contribution in [0.5, 0.6) is 0 Å². The third-order valence-corrected chi connectivity index (χ3v) is 5.14. The Kier molecular flexibility index (Phi) is 5.12. The highest BCUT2D eigenvalue weighted by molar-refractivity contribution is 7.89. The summed E-state index contributed by atoms with van der Waals surface area (Å²) in [6.07, 6.45) is 0. The van der Waals surface area contributed by atoms with Crippen LogP contribution >= 0.6 is 0 Å². The van der Waals surface area contributed by atoms with Crippen LogP contribution in [0.1, 0.15) is 0 Å². The summed E-state index contributed by atoms with van der Waals surface area (Å²) in [7, 11) is -1.28. The lowest BCUT2D eigenvalue weighted by Crippen LogP contribution is -2.32. The van der Waals surface area contributed by atoms with Gasteiger partial charge in [-0.15, -0.1) is 0 Å². The fraction of sp³-hybridized carbons (Fsp3) is 0.188. The number of methoxy groups -OCH3 is 1. The molecule has 2 aromatic carbocycles. The van der Waals surface area contributed by atoms with Crippen molar-refractivity contribution in [3.63, 3.8) is 0 Å². The highest BCUT2D eigenvalue weighted by atomic mass is 32.2. The summed E-state index contributed by atoms with van der Waals surface area (Å²) >= 11 is 0. The number of esters is 1. The molecule has 0 heterocycles. The number of hydrogen-bond donors (Lipinski definition) is 0. The van der Waals surface area contributed by atoms with E-state index in [-0.39, 0.29) is 17.3 Å². The second kappa shape index (κ2) is 6.89. The Labute approximate surface area is 134 Å². The Morgan fingerprint density at radius 1 is 1.04 bits per heavy atom. The molecule has 0 amide bonds. The summed E-state index contributed by atoms with van der Waals surface area (Å²) in [5.74, 6) is -0.976. The van der Waals surface area contributed by atoms with Gasteiger partial charge in [0.25, 0.3) is 0 Å². The number of nitrogens with zero attached hydrogens (tertiary/aromatic N) is 1. The van der Waals surface area contributed by atoms with Crippen LogP contribution in [0, 0.1) is 5.82 Å². The molecule has 122 valence electrons. The molecule has 0 aliphatic carbocycles. The van der Waals surface area contributed by atoms with Crippen molar-refractivity contribution in [1.82, 2.24) is 4.31 Å². The SMILES string of the molecule is COC(=O)CN(C)S(=O)(=O)c1ccc(-c2ccc(F)cc2)cc1.